The Morgan fingerprint density at radius 3 is 2.72 bits per heavy atom. The highest BCUT2D eigenvalue weighted by Gasteiger charge is 2.28. The molecule has 1 fully saturated rings. The molecule has 2 N–H and O–H groups in total. The van der Waals surface area contributed by atoms with Crippen molar-refractivity contribution < 1.29 is 9.32 Å². The summed E-state index contributed by atoms with van der Waals surface area (Å²) < 4.78 is 5.19. The molecule has 0 saturated heterocycles. The van der Waals surface area contributed by atoms with E-state index in [0.29, 0.717) is 0 Å². The number of rotatable bonds is 5. The van der Waals surface area contributed by atoms with Crippen molar-refractivity contribution in [3.8, 4) is 0 Å². The van der Waals surface area contributed by atoms with E-state index in [-0.39, 0.29) is 17.9 Å². The third-order valence-corrected chi connectivity index (χ3v) is 4.88. The minimum Gasteiger partial charge on any atom is -0.361 e. The van der Waals surface area contributed by atoms with Crippen LogP contribution in [0, 0.1) is 19.8 Å². The summed E-state index contributed by atoms with van der Waals surface area (Å²) >= 11 is 0. The number of nitrogens with one attached hydrogen (secondary N) is 2. The molecule has 1 aliphatic carbocycles. The Morgan fingerprint density at radius 1 is 1.36 bits per heavy atom. The Kier molecular flexibility index (Phi) is 6.84. The lowest BCUT2D eigenvalue weighted by Crippen LogP contribution is -2.47. The number of guanidine groups is 1. The van der Waals surface area contributed by atoms with Crippen molar-refractivity contribution >= 4 is 11.9 Å². The zero-order chi connectivity index (χ0) is 18.4. The van der Waals surface area contributed by atoms with E-state index in [1.165, 1.54) is 0 Å². The van der Waals surface area contributed by atoms with Gasteiger partial charge in [0.1, 0.15) is 5.76 Å². The largest absolute Gasteiger partial charge is 0.361 e. The molecule has 7 nitrogen and oxygen atoms in total. The first-order valence-electron chi connectivity index (χ1n) is 9.02. The molecule has 1 amide bonds. The molecule has 0 aliphatic heterocycles. The van der Waals surface area contributed by atoms with Crippen LogP contribution in [0.25, 0.3) is 0 Å². The van der Waals surface area contributed by atoms with E-state index >= 15 is 0 Å². The molecular weight excluding hydrogens is 318 g/mol. The summed E-state index contributed by atoms with van der Waals surface area (Å²) in [6, 6.07) is 0.285. The van der Waals surface area contributed by atoms with Crippen molar-refractivity contribution in [1.29, 1.82) is 0 Å². The number of aryl methyl sites for hydroxylation is 2. The van der Waals surface area contributed by atoms with Gasteiger partial charge in [0.2, 0.25) is 5.91 Å². The van der Waals surface area contributed by atoms with Gasteiger partial charge in [-0.25, -0.2) is 0 Å². The number of hydrogen-bond acceptors (Lipinski definition) is 4. The van der Waals surface area contributed by atoms with E-state index in [1.807, 2.05) is 27.9 Å². The van der Waals surface area contributed by atoms with Crippen molar-refractivity contribution in [2.24, 2.45) is 10.9 Å². The SMILES string of the molecule is CN=C(NCCc1c(C)noc1C)NC1CCCC(C(=O)N(C)C)C1. The first kappa shape index (κ1) is 19.3. The van der Waals surface area contributed by atoms with E-state index in [2.05, 4.69) is 20.8 Å². The standard InChI is InChI=1S/C18H31N5O2/c1-12-16(13(2)25-22-12)9-10-20-18(19-3)21-15-8-6-7-14(11-15)17(24)23(4)5/h14-15H,6-11H2,1-5H3,(H2,19,20,21). The maximum absolute atomic E-state index is 12.2. The van der Waals surface area contributed by atoms with E-state index in [4.69, 9.17) is 4.52 Å². The monoisotopic (exact) mass is 349 g/mol. The molecule has 0 aromatic carbocycles. The molecule has 25 heavy (non-hydrogen) atoms. The van der Waals surface area contributed by atoms with Gasteiger partial charge in [0.15, 0.2) is 5.96 Å². The summed E-state index contributed by atoms with van der Waals surface area (Å²) in [6.07, 6.45) is 4.82. The molecule has 0 bridgehead atoms. The van der Waals surface area contributed by atoms with Gasteiger partial charge >= 0.3 is 0 Å². The van der Waals surface area contributed by atoms with Crippen LogP contribution < -0.4 is 10.6 Å². The molecule has 1 aliphatic rings. The van der Waals surface area contributed by atoms with Gasteiger partial charge in [0, 0.05) is 45.2 Å². The Morgan fingerprint density at radius 2 is 2.12 bits per heavy atom. The summed E-state index contributed by atoms with van der Waals surface area (Å²) in [6.45, 7) is 4.66. The lowest BCUT2D eigenvalue weighted by atomic mass is 9.85. The molecule has 1 aromatic heterocycles. The summed E-state index contributed by atoms with van der Waals surface area (Å²) in [4.78, 5) is 18.2. The van der Waals surface area contributed by atoms with Gasteiger partial charge in [-0.1, -0.05) is 11.6 Å². The number of amides is 1. The van der Waals surface area contributed by atoms with Gasteiger partial charge < -0.3 is 20.1 Å². The first-order chi connectivity index (χ1) is 11.9. The summed E-state index contributed by atoms with van der Waals surface area (Å²) in [5.41, 5.74) is 2.09. The average molecular weight is 349 g/mol. The van der Waals surface area contributed by atoms with Crippen molar-refractivity contribution in [3.63, 3.8) is 0 Å². The van der Waals surface area contributed by atoms with E-state index in [0.717, 1.165) is 61.6 Å². The molecule has 1 heterocycles. The number of carbonyl (C=O) groups excluding carboxylic acids is 1. The summed E-state index contributed by atoms with van der Waals surface area (Å²) in [5.74, 6) is 2.00. The second-order valence-corrected chi connectivity index (χ2v) is 6.99. The molecular formula is C18H31N5O2. The highest BCUT2D eigenvalue weighted by Crippen LogP contribution is 2.25. The zero-order valence-electron chi connectivity index (χ0n) is 16.1. The smallest absolute Gasteiger partial charge is 0.225 e. The molecule has 0 radical (unpaired) electrons. The highest BCUT2D eigenvalue weighted by atomic mass is 16.5. The van der Waals surface area contributed by atoms with E-state index in [1.54, 1.807) is 11.9 Å². The van der Waals surface area contributed by atoms with Crippen LogP contribution in [0.15, 0.2) is 9.52 Å². The van der Waals surface area contributed by atoms with Crippen molar-refractivity contribution in [3.05, 3.63) is 17.0 Å². The fourth-order valence-corrected chi connectivity index (χ4v) is 3.46. The normalized spacial score (nSPS) is 21.1. The number of nitrogens with zero attached hydrogens (tertiary/aromatic N) is 3. The topological polar surface area (TPSA) is 82.8 Å². The number of aromatic nitrogens is 1. The molecule has 0 spiro atoms. The molecule has 7 heteroatoms. The van der Waals surface area contributed by atoms with Crippen LogP contribution >= 0.6 is 0 Å². The maximum Gasteiger partial charge on any atom is 0.225 e. The second kappa shape index (κ2) is 8.87. The van der Waals surface area contributed by atoms with Gasteiger partial charge in [0.05, 0.1) is 5.69 Å². The first-order valence-corrected chi connectivity index (χ1v) is 9.02. The predicted octanol–water partition coefficient (Wildman–Crippen LogP) is 1.65. The number of hydrogen-bond donors (Lipinski definition) is 2. The van der Waals surface area contributed by atoms with E-state index < -0.39 is 0 Å². The van der Waals surface area contributed by atoms with Gasteiger partial charge in [-0.05, 0) is 39.5 Å². The van der Waals surface area contributed by atoms with Crippen LogP contribution in [0.4, 0.5) is 0 Å². The fraction of sp³-hybridized carbons (Fsp3) is 0.722. The predicted molar refractivity (Wildman–Crippen MR) is 98.6 cm³/mol. The fourth-order valence-electron chi connectivity index (χ4n) is 3.46. The molecule has 1 saturated carbocycles. The van der Waals surface area contributed by atoms with Gasteiger partial charge in [-0.15, -0.1) is 0 Å². The number of carbonyl (C=O) groups is 1. The number of aliphatic imine (C=N–C) groups is 1. The van der Waals surface area contributed by atoms with Gasteiger partial charge in [0.25, 0.3) is 0 Å². The lowest BCUT2D eigenvalue weighted by molar-refractivity contribution is -0.134. The Labute approximate surface area is 150 Å². The van der Waals surface area contributed by atoms with E-state index in [9.17, 15) is 4.79 Å². The van der Waals surface area contributed by atoms with Crippen molar-refractivity contribution in [2.75, 3.05) is 27.7 Å². The zero-order valence-corrected chi connectivity index (χ0v) is 16.1. The third-order valence-electron chi connectivity index (χ3n) is 4.88. The van der Waals surface area contributed by atoms with Gasteiger partial charge in [-0.2, -0.15) is 0 Å². The Bertz CT molecular complexity index is 589. The molecule has 1 aromatic rings. The minimum atomic E-state index is 0.113. The Hall–Kier alpha value is -2.05. The van der Waals surface area contributed by atoms with Crippen LogP contribution in [0.3, 0.4) is 0 Å². The van der Waals surface area contributed by atoms with Crippen molar-refractivity contribution in [2.45, 2.75) is 52.0 Å². The Balaban J connectivity index is 1.82. The highest BCUT2D eigenvalue weighted by molar-refractivity contribution is 5.81. The quantitative estimate of drug-likeness (QED) is 0.624. The lowest BCUT2D eigenvalue weighted by Gasteiger charge is -2.31. The molecule has 2 atom stereocenters. The van der Waals surface area contributed by atoms with Crippen LogP contribution in [-0.2, 0) is 11.2 Å². The van der Waals surface area contributed by atoms with Crippen LogP contribution in [0.2, 0.25) is 0 Å². The van der Waals surface area contributed by atoms with Crippen LogP contribution in [0.5, 0.6) is 0 Å². The minimum absolute atomic E-state index is 0.113. The summed E-state index contributed by atoms with van der Waals surface area (Å²) in [5, 5.41) is 10.8. The molecule has 140 valence electrons. The summed E-state index contributed by atoms with van der Waals surface area (Å²) in [7, 11) is 5.43. The third kappa shape index (κ3) is 5.21. The molecule has 2 rings (SSSR count). The maximum atomic E-state index is 12.2. The van der Waals surface area contributed by atoms with Crippen LogP contribution in [0.1, 0.15) is 42.7 Å². The molecule has 2 unspecified atom stereocenters. The van der Waals surface area contributed by atoms with Gasteiger partial charge in [-0.3, -0.25) is 9.79 Å². The average Bonchev–Trinajstić information content (AvgIpc) is 2.92. The van der Waals surface area contributed by atoms with Crippen LogP contribution in [-0.4, -0.2) is 55.7 Å². The second-order valence-electron chi connectivity index (χ2n) is 6.99. The van der Waals surface area contributed by atoms with Crippen molar-refractivity contribution in [1.82, 2.24) is 20.7 Å².